The largest absolute Gasteiger partial charge is 0.215 e. The van der Waals surface area contributed by atoms with Crippen molar-refractivity contribution in [3.63, 3.8) is 0 Å². The molecule has 0 radical (unpaired) electrons. The van der Waals surface area contributed by atoms with E-state index in [4.69, 9.17) is 4.11 Å². The fourth-order valence-electron chi connectivity index (χ4n) is 2.16. The van der Waals surface area contributed by atoms with Gasteiger partial charge in [-0.2, -0.15) is 4.57 Å². The van der Waals surface area contributed by atoms with Gasteiger partial charge in [0.15, 0.2) is 5.69 Å². The van der Waals surface area contributed by atoms with Crippen molar-refractivity contribution in [3.8, 4) is 11.3 Å². The van der Waals surface area contributed by atoms with Gasteiger partial charge in [0.05, 0.1) is 0 Å². The van der Waals surface area contributed by atoms with Gasteiger partial charge in [-0.05, 0) is 38.5 Å². The first kappa shape index (κ1) is 8.46. The summed E-state index contributed by atoms with van der Waals surface area (Å²) in [7, 11) is 1.83. The maximum absolute atomic E-state index is 7.65. The maximum atomic E-state index is 7.65. The third-order valence-electron chi connectivity index (χ3n) is 3.21. The number of aryl methyl sites for hydroxylation is 4. The van der Waals surface area contributed by atoms with Crippen LogP contribution >= 0.6 is 0 Å². The summed E-state index contributed by atoms with van der Waals surface area (Å²) in [4.78, 5) is 0. The summed E-state index contributed by atoms with van der Waals surface area (Å²) >= 11 is 0. The summed E-state index contributed by atoms with van der Waals surface area (Å²) in [6.45, 7) is 4.01. The maximum Gasteiger partial charge on any atom is 0.215 e. The molecule has 17 heavy (non-hydrogen) atoms. The minimum absolute atomic E-state index is 0.360. The molecular formula is C16H20N+. The van der Waals surface area contributed by atoms with E-state index in [2.05, 4.69) is 25.1 Å². The molecule has 0 fully saturated rings. The molecule has 0 spiro atoms. The van der Waals surface area contributed by atoms with Crippen LogP contribution in [0.25, 0.3) is 11.3 Å². The van der Waals surface area contributed by atoms with Crippen LogP contribution in [0.1, 0.15) is 26.5 Å². The predicted molar refractivity (Wildman–Crippen MR) is 72.0 cm³/mol. The lowest BCUT2D eigenvalue weighted by Crippen LogP contribution is -2.35. The second kappa shape index (κ2) is 4.33. The summed E-state index contributed by atoms with van der Waals surface area (Å²) in [5.41, 5.74) is 5.82. The van der Waals surface area contributed by atoms with Gasteiger partial charge in [0, 0.05) is 28.2 Å². The Morgan fingerprint density at radius 3 is 2.41 bits per heavy atom. The average Bonchev–Trinajstić information content (AvgIpc) is 2.32. The molecule has 1 aromatic heterocycles. The lowest BCUT2D eigenvalue weighted by Gasteiger charge is -2.09. The zero-order valence-electron chi connectivity index (χ0n) is 13.8. The van der Waals surface area contributed by atoms with Crippen LogP contribution in [0.2, 0.25) is 0 Å². The molecule has 1 heteroatoms. The molecule has 0 aliphatic rings. The molecule has 88 valence electrons. The summed E-state index contributed by atoms with van der Waals surface area (Å²) in [5, 5.41) is 0. The summed E-state index contributed by atoms with van der Waals surface area (Å²) in [6, 6.07) is 9.84. The molecule has 0 amide bonds. The minimum atomic E-state index is -2.10. The van der Waals surface area contributed by atoms with Gasteiger partial charge < -0.3 is 0 Å². The molecule has 0 aliphatic carbocycles. The second-order valence-electron chi connectivity index (χ2n) is 4.63. The number of benzene rings is 1. The molecule has 0 aliphatic heterocycles. The van der Waals surface area contributed by atoms with Crippen LogP contribution in [-0.4, -0.2) is 0 Å². The first-order valence-corrected chi connectivity index (χ1v) is 5.79. The van der Waals surface area contributed by atoms with Crippen LogP contribution in [0.15, 0.2) is 30.3 Å². The van der Waals surface area contributed by atoms with Gasteiger partial charge in [0.1, 0.15) is 7.05 Å². The number of aromatic nitrogens is 1. The van der Waals surface area contributed by atoms with Crippen molar-refractivity contribution in [2.24, 2.45) is 7.05 Å². The zero-order chi connectivity index (χ0) is 15.1. The van der Waals surface area contributed by atoms with E-state index < -0.39 is 6.85 Å². The van der Waals surface area contributed by atoms with Crippen LogP contribution < -0.4 is 4.57 Å². The van der Waals surface area contributed by atoms with Gasteiger partial charge in [-0.25, -0.2) is 0 Å². The fourth-order valence-corrected chi connectivity index (χ4v) is 2.16. The summed E-state index contributed by atoms with van der Waals surface area (Å²) in [6.07, 6.45) is 0. The van der Waals surface area contributed by atoms with Gasteiger partial charge in [-0.3, -0.25) is 0 Å². The van der Waals surface area contributed by atoms with Crippen LogP contribution in [0.4, 0.5) is 0 Å². The van der Waals surface area contributed by atoms with Crippen LogP contribution in [0.3, 0.4) is 0 Å². The van der Waals surface area contributed by atoms with Gasteiger partial charge in [0.2, 0.25) is 5.69 Å². The van der Waals surface area contributed by atoms with Gasteiger partial charge in [-0.15, -0.1) is 0 Å². The van der Waals surface area contributed by atoms with Gasteiger partial charge >= 0.3 is 0 Å². The molecule has 0 saturated heterocycles. The smallest absolute Gasteiger partial charge is 0.198 e. The number of pyridine rings is 1. The molecule has 0 bridgehead atoms. The Labute approximate surface area is 108 Å². The molecule has 0 unspecified atom stereocenters. The van der Waals surface area contributed by atoms with E-state index >= 15 is 0 Å². The number of hydrogen-bond acceptors (Lipinski definition) is 0. The van der Waals surface area contributed by atoms with Crippen molar-refractivity contribution < 1.29 is 8.68 Å². The number of hydrogen-bond donors (Lipinski definition) is 0. The minimum Gasteiger partial charge on any atom is -0.198 e. The topological polar surface area (TPSA) is 3.88 Å². The molecule has 1 heterocycles. The lowest BCUT2D eigenvalue weighted by molar-refractivity contribution is -0.667. The molecule has 0 atom stereocenters. The first-order valence-electron chi connectivity index (χ1n) is 7.29. The Hall–Kier alpha value is -1.63. The molecule has 1 nitrogen and oxygen atoms in total. The lowest BCUT2D eigenvalue weighted by atomic mass is 9.99. The average molecular weight is 229 g/mol. The Morgan fingerprint density at radius 2 is 1.71 bits per heavy atom. The molecule has 1 aromatic carbocycles. The number of rotatable bonds is 1. The Kier molecular flexibility index (Phi) is 2.15. The van der Waals surface area contributed by atoms with Crippen molar-refractivity contribution in [1.29, 1.82) is 0 Å². The van der Waals surface area contributed by atoms with E-state index in [1.807, 2.05) is 27.0 Å². The van der Waals surface area contributed by atoms with E-state index in [-0.39, 0.29) is 0 Å². The van der Waals surface area contributed by atoms with E-state index in [0.717, 1.165) is 22.4 Å². The zero-order valence-corrected chi connectivity index (χ0v) is 10.8. The van der Waals surface area contributed by atoms with Crippen molar-refractivity contribution in [2.45, 2.75) is 27.6 Å². The van der Waals surface area contributed by atoms with Crippen molar-refractivity contribution >= 4 is 0 Å². The standard InChI is InChI=1S/C16H20N/c1-11-6-7-12(2)15(10-11)16-13(3)8-9-14(4)17(16)5/h6-10H,1-5H3/q+1/i4D3. The molecule has 0 saturated carbocycles. The highest BCUT2D eigenvalue weighted by Gasteiger charge is 2.17. The Balaban J connectivity index is 2.77. The van der Waals surface area contributed by atoms with Gasteiger partial charge in [-0.1, -0.05) is 17.7 Å². The first-order chi connectivity index (χ1) is 9.21. The van der Waals surface area contributed by atoms with Crippen molar-refractivity contribution in [3.05, 3.63) is 52.7 Å². The summed E-state index contributed by atoms with van der Waals surface area (Å²) < 4.78 is 24.8. The molecule has 0 N–H and O–H groups in total. The van der Waals surface area contributed by atoms with E-state index in [9.17, 15) is 0 Å². The third-order valence-corrected chi connectivity index (χ3v) is 3.21. The van der Waals surface area contributed by atoms with E-state index in [0.29, 0.717) is 5.69 Å². The van der Waals surface area contributed by atoms with Crippen molar-refractivity contribution in [1.82, 2.24) is 0 Å². The Bertz CT molecular complexity index is 658. The van der Waals surface area contributed by atoms with E-state index in [1.54, 1.807) is 10.6 Å². The second-order valence-corrected chi connectivity index (χ2v) is 4.63. The van der Waals surface area contributed by atoms with E-state index in [1.165, 1.54) is 5.56 Å². The van der Waals surface area contributed by atoms with Crippen LogP contribution in [-0.2, 0) is 7.05 Å². The highest BCUT2D eigenvalue weighted by atomic mass is 14.9. The van der Waals surface area contributed by atoms with Gasteiger partial charge in [0.25, 0.3) is 0 Å². The molecular weight excluding hydrogens is 206 g/mol. The fraction of sp³-hybridized carbons (Fsp3) is 0.312. The highest BCUT2D eigenvalue weighted by molar-refractivity contribution is 5.64. The monoisotopic (exact) mass is 229 g/mol. The van der Waals surface area contributed by atoms with Crippen molar-refractivity contribution in [2.75, 3.05) is 0 Å². The van der Waals surface area contributed by atoms with Crippen LogP contribution in [0.5, 0.6) is 0 Å². The molecule has 2 rings (SSSR count). The SMILES string of the molecule is [2H]C([2H])([2H])c1ccc(C)c(-c2cc(C)ccc2C)[n+]1C. The number of nitrogens with zero attached hydrogens (tertiary/aromatic N) is 1. The Morgan fingerprint density at radius 1 is 1.00 bits per heavy atom. The predicted octanol–water partition coefficient (Wildman–Crippen LogP) is 3.41. The third kappa shape index (κ3) is 2.10. The van der Waals surface area contributed by atoms with Crippen LogP contribution in [0, 0.1) is 27.6 Å². The quantitative estimate of drug-likeness (QED) is 0.660. The normalized spacial score (nSPS) is 14.0. The highest BCUT2D eigenvalue weighted by Crippen LogP contribution is 2.24. The summed E-state index contributed by atoms with van der Waals surface area (Å²) in [5.74, 6) is 0. The molecule has 2 aromatic rings.